The van der Waals surface area contributed by atoms with Crippen LogP contribution in [0.5, 0.6) is 0 Å². The Balaban J connectivity index is 1.24. The van der Waals surface area contributed by atoms with Crippen molar-refractivity contribution in [1.29, 1.82) is 0 Å². The molecule has 0 amide bonds. The smallest absolute Gasteiger partial charge is 0.333 e. The quantitative estimate of drug-likeness (QED) is 0.161. The van der Waals surface area contributed by atoms with Crippen molar-refractivity contribution < 1.29 is 4.42 Å². The van der Waals surface area contributed by atoms with E-state index < -0.39 is 0 Å². The maximum atomic E-state index is 7.17. The first kappa shape index (κ1) is 42.6. The lowest BCUT2D eigenvalue weighted by atomic mass is 9.43. The molecular formula is C62H63BN2OS. The van der Waals surface area contributed by atoms with Crippen LogP contribution in [0.25, 0.3) is 53.2 Å². The van der Waals surface area contributed by atoms with Gasteiger partial charge in [0.05, 0.1) is 5.69 Å². The second-order valence-corrected chi connectivity index (χ2v) is 25.6. The molecule has 0 unspecified atom stereocenters. The minimum atomic E-state index is -0.140. The third-order valence-corrected chi connectivity index (χ3v) is 17.1. The molecule has 0 fully saturated rings. The monoisotopic (exact) mass is 894 g/mol. The van der Waals surface area contributed by atoms with Gasteiger partial charge in [0.1, 0.15) is 5.58 Å². The topological polar surface area (TPSA) is 19.6 Å². The zero-order chi connectivity index (χ0) is 46.9. The number of para-hydroxylation sites is 1. The minimum Gasteiger partial charge on any atom is -0.454 e. The van der Waals surface area contributed by atoms with Gasteiger partial charge in [0.2, 0.25) is 0 Å². The van der Waals surface area contributed by atoms with E-state index >= 15 is 0 Å². The summed E-state index contributed by atoms with van der Waals surface area (Å²) in [7, 11) is 0. The van der Waals surface area contributed by atoms with Crippen molar-refractivity contribution in [1.82, 2.24) is 0 Å². The highest BCUT2D eigenvalue weighted by molar-refractivity contribution is 7.25. The molecule has 0 saturated heterocycles. The van der Waals surface area contributed by atoms with Crippen molar-refractivity contribution in [2.24, 2.45) is 0 Å². The first-order chi connectivity index (χ1) is 31.6. The van der Waals surface area contributed by atoms with E-state index in [0.717, 1.165) is 33.3 Å². The predicted molar refractivity (Wildman–Crippen MR) is 292 cm³/mol. The van der Waals surface area contributed by atoms with Crippen LogP contribution in [0, 0.1) is 0 Å². The molecule has 1 aliphatic carbocycles. The van der Waals surface area contributed by atoms with Gasteiger partial charge in [0.15, 0.2) is 5.58 Å². The van der Waals surface area contributed by atoms with Crippen molar-refractivity contribution in [2.45, 2.75) is 130 Å². The maximum absolute atomic E-state index is 7.17. The normalized spacial score (nSPS) is 16.5. The highest BCUT2D eigenvalue weighted by Gasteiger charge is 2.47. The summed E-state index contributed by atoms with van der Waals surface area (Å²) >= 11 is 1.97. The Labute approximate surface area is 401 Å². The predicted octanol–water partition coefficient (Wildman–Crippen LogP) is 16.9. The van der Waals surface area contributed by atoms with Gasteiger partial charge in [-0.1, -0.05) is 145 Å². The van der Waals surface area contributed by atoms with Crippen LogP contribution in [0.4, 0.5) is 28.4 Å². The van der Waals surface area contributed by atoms with Gasteiger partial charge in [-0.15, -0.1) is 11.3 Å². The van der Waals surface area contributed by atoms with Gasteiger partial charge in [-0.05, 0) is 151 Å². The Kier molecular flexibility index (Phi) is 8.84. The first-order valence-corrected chi connectivity index (χ1v) is 25.4. The molecule has 0 bridgehead atoms. The summed E-state index contributed by atoms with van der Waals surface area (Å²) in [6, 6.07) is 47.5. The fourth-order valence-corrected chi connectivity index (χ4v) is 12.9. The molecule has 4 heterocycles. The third kappa shape index (κ3) is 6.36. The SMILES string of the molecule is CC(C)(C)c1ccc(N2B3c4cc(C(C)(C)C)ccc4N(c4ccc(C(C)(C)C)cc4)c4c3c(cc3c4oc4ccccc43)-c3cc4c(cc32)sc2cc3c(cc24)C(C)(C)CCC3(C)C)cc1. The Bertz CT molecular complexity index is 3530. The molecule has 336 valence electrons. The van der Waals surface area contributed by atoms with Crippen LogP contribution < -0.4 is 20.6 Å². The van der Waals surface area contributed by atoms with Crippen molar-refractivity contribution in [3.05, 3.63) is 149 Å². The number of thiophene rings is 1. The molecule has 9 aromatic rings. The fourth-order valence-electron chi connectivity index (χ4n) is 11.8. The van der Waals surface area contributed by atoms with Crippen molar-refractivity contribution >= 4 is 99.7 Å². The number of hydrogen-bond donors (Lipinski definition) is 0. The molecule has 2 aliphatic heterocycles. The zero-order valence-electron chi connectivity index (χ0n) is 41.7. The van der Waals surface area contributed by atoms with Gasteiger partial charge < -0.3 is 14.1 Å². The van der Waals surface area contributed by atoms with Gasteiger partial charge in [-0.25, -0.2) is 0 Å². The summed E-state index contributed by atoms with van der Waals surface area (Å²) < 4.78 is 9.89. The summed E-state index contributed by atoms with van der Waals surface area (Å²) in [4.78, 5) is 5.23. The molecule has 3 nitrogen and oxygen atoms in total. The van der Waals surface area contributed by atoms with Crippen LogP contribution in [0.15, 0.2) is 126 Å². The van der Waals surface area contributed by atoms with Crippen LogP contribution in [-0.4, -0.2) is 6.85 Å². The maximum Gasteiger partial charge on any atom is 0.333 e. The molecule has 12 rings (SSSR count). The molecule has 3 aliphatic rings. The van der Waals surface area contributed by atoms with Crippen LogP contribution in [0.3, 0.4) is 0 Å². The molecule has 0 atom stereocenters. The van der Waals surface area contributed by atoms with E-state index in [2.05, 4.69) is 221 Å². The van der Waals surface area contributed by atoms with E-state index in [9.17, 15) is 0 Å². The number of rotatable bonds is 2. The largest absolute Gasteiger partial charge is 0.454 e. The molecular weight excluding hydrogens is 832 g/mol. The number of hydrogen-bond acceptors (Lipinski definition) is 4. The average molecular weight is 895 g/mol. The Hall–Kier alpha value is -5.78. The standard InChI is InChI=1S/C62H63BN2OS/c1-58(2,3)36-18-23-39(24-19-36)64-50-27-22-38(60(7,8)9)30-49(50)63-55-45(32-46-41-16-14-15-17-52(41)66-57(46)56(55)64)42-31-43-44-33-47-48(62(12,13)29-28-61(47,10)11)34-53(44)67-54(43)35-51(42)65(63)40-25-20-37(21-26-40)59(4,5)6/h14-27,30-35H,28-29H2,1-13H3. The third-order valence-electron chi connectivity index (χ3n) is 16.0. The number of nitrogens with zero attached hydrogens (tertiary/aromatic N) is 2. The highest BCUT2D eigenvalue weighted by atomic mass is 32.1. The molecule has 7 aromatic carbocycles. The first-order valence-electron chi connectivity index (χ1n) is 24.6. The van der Waals surface area contributed by atoms with Crippen LogP contribution >= 0.6 is 11.3 Å². The number of fused-ring (bicyclic) bond motifs is 12. The van der Waals surface area contributed by atoms with Crippen molar-refractivity contribution in [3.63, 3.8) is 0 Å². The Morgan fingerprint density at radius 3 is 1.72 bits per heavy atom. The average Bonchev–Trinajstić information content (AvgIpc) is 3.83. The molecule has 0 spiro atoms. The van der Waals surface area contributed by atoms with Gasteiger partial charge in [-0.2, -0.15) is 0 Å². The fraction of sp³-hybridized carbons (Fsp3) is 0.323. The molecule has 2 aromatic heterocycles. The van der Waals surface area contributed by atoms with Gasteiger partial charge in [0.25, 0.3) is 0 Å². The van der Waals surface area contributed by atoms with E-state index in [1.165, 1.54) is 99.9 Å². The van der Waals surface area contributed by atoms with E-state index in [1.54, 1.807) is 0 Å². The number of anilines is 5. The lowest BCUT2D eigenvalue weighted by Crippen LogP contribution is -2.61. The van der Waals surface area contributed by atoms with Gasteiger partial charge in [0, 0.05) is 59.3 Å². The van der Waals surface area contributed by atoms with Crippen LogP contribution in [-0.2, 0) is 27.1 Å². The molecule has 5 heteroatoms. The zero-order valence-corrected chi connectivity index (χ0v) is 42.6. The summed E-state index contributed by atoms with van der Waals surface area (Å²) in [6.07, 6.45) is 2.40. The minimum absolute atomic E-state index is 0.0259. The summed E-state index contributed by atoms with van der Waals surface area (Å²) in [6.45, 7) is 30.5. The summed E-state index contributed by atoms with van der Waals surface area (Å²) in [5.41, 5.74) is 20.1. The summed E-state index contributed by atoms with van der Waals surface area (Å²) in [5.74, 6) is 0. The highest BCUT2D eigenvalue weighted by Crippen LogP contribution is 2.54. The van der Waals surface area contributed by atoms with Gasteiger partial charge >= 0.3 is 6.85 Å². The van der Waals surface area contributed by atoms with E-state index in [4.69, 9.17) is 4.42 Å². The Morgan fingerprint density at radius 1 is 0.522 bits per heavy atom. The molecule has 0 radical (unpaired) electrons. The Morgan fingerprint density at radius 2 is 1.07 bits per heavy atom. The van der Waals surface area contributed by atoms with Crippen LogP contribution in [0.2, 0.25) is 0 Å². The lowest BCUT2D eigenvalue weighted by molar-refractivity contribution is 0.332. The lowest BCUT2D eigenvalue weighted by Gasteiger charge is -2.46. The number of benzene rings is 7. The second kappa shape index (κ2) is 13.9. The molecule has 0 N–H and O–H groups in total. The van der Waals surface area contributed by atoms with Crippen LogP contribution in [0.1, 0.15) is 131 Å². The molecule has 0 saturated carbocycles. The summed E-state index contributed by atoms with van der Waals surface area (Å²) in [5, 5.41) is 5.01. The van der Waals surface area contributed by atoms with E-state index in [-0.39, 0.29) is 33.9 Å². The van der Waals surface area contributed by atoms with E-state index in [0.29, 0.717) is 0 Å². The van der Waals surface area contributed by atoms with E-state index in [1.807, 2.05) is 11.3 Å². The van der Waals surface area contributed by atoms with Gasteiger partial charge in [-0.3, -0.25) is 0 Å². The number of furan rings is 1. The van der Waals surface area contributed by atoms with Crippen molar-refractivity contribution in [3.8, 4) is 11.1 Å². The second-order valence-electron chi connectivity index (χ2n) is 24.5. The molecule has 67 heavy (non-hydrogen) atoms. The van der Waals surface area contributed by atoms with Crippen molar-refractivity contribution in [2.75, 3.05) is 9.71 Å².